The van der Waals surface area contributed by atoms with Gasteiger partial charge < -0.3 is 9.30 Å². The molecule has 0 atom stereocenters. The highest BCUT2D eigenvalue weighted by molar-refractivity contribution is 5.99. The van der Waals surface area contributed by atoms with Gasteiger partial charge in [-0.3, -0.25) is 4.79 Å². The lowest BCUT2D eigenvalue weighted by Crippen LogP contribution is -2.30. The highest BCUT2D eigenvalue weighted by Gasteiger charge is 2.30. The fraction of sp³-hybridized carbons (Fsp3) is 0.333. The number of pyridine rings is 1. The first-order valence-electron chi connectivity index (χ1n) is 8.84. The Labute approximate surface area is 151 Å². The molecule has 0 fully saturated rings. The molecule has 0 spiro atoms. The Bertz CT molecular complexity index is 1100. The standard InChI is InChI=1S/C21H22N2O3/c1-13-11-17-19-15(9-10-22(17)18(24)12-13)14-7-5-6-8-16(14)23(19)20(25)26-21(2,3)4/h5-8,11-12H,9-10H2,1-4H3. The highest BCUT2D eigenvalue weighted by atomic mass is 16.6. The number of carbonyl (C=O) groups excluding carboxylic acids is 1. The summed E-state index contributed by atoms with van der Waals surface area (Å²) in [6.07, 6.45) is 0.291. The van der Waals surface area contributed by atoms with Gasteiger partial charge in [-0.15, -0.1) is 0 Å². The van der Waals surface area contributed by atoms with Crippen molar-refractivity contribution < 1.29 is 9.53 Å². The molecule has 0 unspecified atom stereocenters. The minimum atomic E-state index is -0.601. The summed E-state index contributed by atoms with van der Waals surface area (Å²) in [6, 6.07) is 11.4. The second kappa shape index (κ2) is 5.59. The molecular formula is C21H22N2O3. The minimum absolute atomic E-state index is 0.0355. The van der Waals surface area contributed by atoms with E-state index in [0.717, 1.165) is 33.4 Å². The molecule has 0 saturated heterocycles. The second-order valence-corrected chi connectivity index (χ2v) is 7.82. The van der Waals surface area contributed by atoms with Crippen molar-refractivity contribution in [3.63, 3.8) is 0 Å². The number of hydrogen-bond acceptors (Lipinski definition) is 3. The Morgan fingerprint density at radius 2 is 1.88 bits per heavy atom. The summed E-state index contributed by atoms with van der Waals surface area (Å²) in [5, 5.41) is 1.04. The van der Waals surface area contributed by atoms with Crippen molar-refractivity contribution in [1.29, 1.82) is 0 Å². The third-order valence-electron chi connectivity index (χ3n) is 4.66. The summed E-state index contributed by atoms with van der Waals surface area (Å²) in [5.74, 6) is 0. The lowest BCUT2D eigenvalue weighted by molar-refractivity contribution is 0.0546. The van der Waals surface area contributed by atoms with Crippen molar-refractivity contribution in [2.45, 2.75) is 46.3 Å². The molecule has 1 aliphatic heterocycles. The molecule has 0 amide bonds. The first-order valence-corrected chi connectivity index (χ1v) is 8.84. The van der Waals surface area contributed by atoms with E-state index in [1.54, 1.807) is 15.2 Å². The molecule has 1 aliphatic rings. The molecule has 3 heterocycles. The number of ether oxygens (including phenoxy) is 1. The van der Waals surface area contributed by atoms with Gasteiger partial charge in [-0.2, -0.15) is 0 Å². The highest BCUT2D eigenvalue weighted by Crippen LogP contribution is 2.37. The van der Waals surface area contributed by atoms with E-state index in [1.165, 1.54) is 0 Å². The predicted octanol–water partition coefficient (Wildman–Crippen LogP) is 4.12. The average Bonchev–Trinajstić information content (AvgIpc) is 2.88. The molecule has 1 aromatic carbocycles. The zero-order chi connectivity index (χ0) is 18.6. The molecule has 3 aromatic rings. The zero-order valence-corrected chi connectivity index (χ0v) is 15.5. The monoisotopic (exact) mass is 350 g/mol. The molecule has 0 radical (unpaired) electrons. The molecule has 134 valence electrons. The maximum absolute atomic E-state index is 13.0. The van der Waals surface area contributed by atoms with Gasteiger partial charge in [-0.25, -0.2) is 9.36 Å². The van der Waals surface area contributed by atoms with Crippen LogP contribution >= 0.6 is 0 Å². The third kappa shape index (κ3) is 2.55. The zero-order valence-electron chi connectivity index (χ0n) is 15.5. The van der Waals surface area contributed by atoms with E-state index in [1.807, 2.05) is 58.0 Å². The lowest BCUT2D eigenvalue weighted by Gasteiger charge is -2.24. The number of carbonyl (C=O) groups is 1. The molecule has 0 N–H and O–H groups in total. The molecule has 0 saturated carbocycles. The molecule has 4 rings (SSSR count). The summed E-state index contributed by atoms with van der Waals surface area (Å²) in [7, 11) is 0. The van der Waals surface area contributed by atoms with Crippen molar-refractivity contribution in [3.8, 4) is 11.4 Å². The van der Waals surface area contributed by atoms with E-state index in [0.29, 0.717) is 13.0 Å². The summed E-state index contributed by atoms with van der Waals surface area (Å²) in [5.41, 5.74) is 3.70. The van der Waals surface area contributed by atoms with Gasteiger partial charge >= 0.3 is 6.09 Å². The number of fused-ring (bicyclic) bond motifs is 5. The Morgan fingerprint density at radius 1 is 1.15 bits per heavy atom. The third-order valence-corrected chi connectivity index (χ3v) is 4.66. The van der Waals surface area contributed by atoms with E-state index >= 15 is 0 Å². The maximum Gasteiger partial charge on any atom is 0.419 e. The molecule has 0 aliphatic carbocycles. The van der Waals surface area contributed by atoms with Crippen LogP contribution < -0.4 is 5.56 Å². The molecule has 0 bridgehead atoms. The van der Waals surface area contributed by atoms with Crippen molar-refractivity contribution in [2.24, 2.45) is 0 Å². The van der Waals surface area contributed by atoms with Crippen LogP contribution in [0.3, 0.4) is 0 Å². The summed E-state index contributed by atoms with van der Waals surface area (Å²) < 4.78 is 9.04. The molecule has 2 aromatic heterocycles. The Balaban J connectivity index is 2.07. The summed E-state index contributed by atoms with van der Waals surface area (Å²) in [4.78, 5) is 25.5. The number of aryl methyl sites for hydroxylation is 2. The Kier molecular flexibility index (Phi) is 3.58. The van der Waals surface area contributed by atoms with Crippen LogP contribution in [0, 0.1) is 6.92 Å². The maximum atomic E-state index is 13.0. The number of para-hydroxylation sites is 1. The van der Waals surface area contributed by atoms with Crippen LogP contribution in [0.5, 0.6) is 0 Å². The van der Waals surface area contributed by atoms with Gasteiger partial charge in [0.2, 0.25) is 0 Å². The number of aromatic nitrogens is 2. The second-order valence-electron chi connectivity index (χ2n) is 7.82. The van der Waals surface area contributed by atoms with Crippen LogP contribution in [-0.2, 0) is 17.7 Å². The Morgan fingerprint density at radius 3 is 2.62 bits per heavy atom. The molecule has 5 nitrogen and oxygen atoms in total. The lowest BCUT2D eigenvalue weighted by atomic mass is 10.0. The number of hydrogen-bond donors (Lipinski definition) is 0. The largest absolute Gasteiger partial charge is 0.443 e. The SMILES string of the molecule is Cc1cc2n(c(=O)c1)CCc1c-2n(C(=O)OC(C)(C)C)c2ccccc12. The van der Waals surface area contributed by atoms with E-state index in [4.69, 9.17) is 4.74 Å². The number of nitrogens with zero attached hydrogens (tertiary/aromatic N) is 2. The van der Waals surface area contributed by atoms with Crippen LogP contribution in [0.1, 0.15) is 31.9 Å². The summed E-state index contributed by atoms with van der Waals surface area (Å²) >= 11 is 0. The van der Waals surface area contributed by atoms with Crippen molar-refractivity contribution >= 4 is 17.0 Å². The van der Waals surface area contributed by atoms with Gasteiger partial charge in [-0.05, 0) is 57.4 Å². The van der Waals surface area contributed by atoms with Crippen LogP contribution in [0.4, 0.5) is 4.79 Å². The molecular weight excluding hydrogens is 328 g/mol. The van der Waals surface area contributed by atoms with Crippen molar-refractivity contribution in [2.75, 3.05) is 0 Å². The first kappa shape index (κ1) is 16.6. The normalized spacial score (nSPS) is 13.4. The topological polar surface area (TPSA) is 53.2 Å². The smallest absolute Gasteiger partial charge is 0.419 e. The van der Waals surface area contributed by atoms with Gasteiger partial charge in [0.25, 0.3) is 5.56 Å². The van der Waals surface area contributed by atoms with Gasteiger partial charge in [0.05, 0.1) is 16.9 Å². The molecule has 5 heteroatoms. The van der Waals surface area contributed by atoms with Crippen LogP contribution in [-0.4, -0.2) is 20.8 Å². The van der Waals surface area contributed by atoms with Gasteiger partial charge in [0, 0.05) is 18.0 Å². The van der Waals surface area contributed by atoms with Gasteiger partial charge in [0.1, 0.15) is 5.60 Å². The average molecular weight is 350 g/mol. The molecule has 26 heavy (non-hydrogen) atoms. The summed E-state index contributed by atoms with van der Waals surface area (Å²) in [6.45, 7) is 8.07. The van der Waals surface area contributed by atoms with Crippen molar-refractivity contribution in [1.82, 2.24) is 9.13 Å². The number of rotatable bonds is 0. The fourth-order valence-electron chi connectivity index (χ4n) is 3.70. The van der Waals surface area contributed by atoms with E-state index < -0.39 is 11.7 Å². The Hall–Kier alpha value is -2.82. The van der Waals surface area contributed by atoms with Gasteiger partial charge in [-0.1, -0.05) is 18.2 Å². The van der Waals surface area contributed by atoms with Gasteiger partial charge in [0.15, 0.2) is 0 Å². The van der Waals surface area contributed by atoms with Crippen LogP contribution in [0.15, 0.2) is 41.2 Å². The quantitative estimate of drug-likeness (QED) is 0.613. The number of benzene rings is 1. The van der Waals surface area contributed by atoms with Crippen molar-refractivity contribution in [3.05, 3.63) is 57.9 Å². The fourth-order valence-corrected chi connectivity index (χ4v) is 3.70. The van der Waals surface area contributed by atoms with E-state index in [-0.39, 0.29) is 5.56 Å². The first-order chi connectivity index (χ1) is 12.3. The van der Waals surface area contributed by atoms with E-state index in [2.05, 4.69) is 0 Å². The van der Waals surface area contributed by atoms with Crippen LogP contribution in [0.25, 0.3) is 22.3 Å². The predicted molar refractivity (Wildman–Crippen MR) is 102 cm³/mol. The minimum Gasteiger partial charge on any atom is -0.443 e. The van der Waals surface area contributed by atoms with Crippen LogP contribution in [0.2, 0.25) is 0 Å². The van der Waals surface area contributed by atoms with E-state index in [9.17, 15) is 9.59 Å².